The lowest BCUT2D eigenvalue weighted by atomic mass is 10.2. The maximum absolute atomic E-state index is 13.3. The monoisotopic (exact) mass is 436 g/mol. The molecule has 29 heavy (non-hydrogen) atoms. The number of aromatic nitrogens is 3. The molecule has 0 N–H and O–H groups in total. The van der Waals surface area contributed by atoms with Crippen molar-refractivity contribution >= 4 is 41.6 Å². The van der Waals surface area contributed by atoms with Gasteiger partial charge in [-0.05, 0) is 36.4 Å². The highest BCUT2D eigenvalue weighted by Crippen LogP contribution is 2.25. The number of hydrogen-bond donors (Lipinski definition) is 0. The Balaban J connectivity index is 0.00000120. The van der Waals surface area contributed by atoms with Gasteiger partial charge >= 0.3 is 0 Å². The van der Waals surface area contributed by atoms with Gasteiger partial charge in [0.15, 0.2) is 0 Å². The molecular formula is C21H23Cl2FN4O. The van der Waals surface area contributed by atoms with Crippen molar-refractivity contribution in [2.24, 2.45) is 0 Å². The molecule has 5 nitrogen and oxygen atoms in total. The molecule has 3 heterocycles. The Hall–Kier alpha value is -2.12. The zero-order valence-electron chi connectivity index (χ0n) is 15.8. The summed E-state index contributed by atoms with van der Waals surface area (Å²) in [5.74, 6) is 0.687. The van der Waals surface area contributed by atoms with Gasteiger partial charge < -0.3 is 9.30 Å². The first-order chi connectivity index (χ1) is 13.3. The molecule has 0 aliphatic carbocycles. The Morgan fingerprint density at radius 2 is 1.59 bits per heavy atom. The van der Waals surface area contributed by atoms with Crippen LogP contribution in [0.15, 0.2) is 54.7 Å². The van der Waals surface area contributed by atoms with Crippen LogP contribution < -0.4 is 0 Å². The van der Waals surface area contributed by atoms with Gasteiger partial charge in [0.2, 0.25) is 5.78 Å². The largest absolute Gasteiger partial charge is 0.379 e. The zero-order chi connectivity index (χ0) is 18.2. The van der Waals surface area contributed by atoms with E-state index in [0.717, 1.165) is 61.9 Å². The quantitative estimate of drug-likeness (QED) is 0.478. The number of para-hydroxylation sites is 2. The summed E-state index contributed by atoms with van der Waals surface area (Å²) < 4.78 is 23.1. The fraction of sp³-hybridized carbons (Fsp3) is 0.286. The molecule has 1 fully saturated rings. The van der Waals surface area contributed by atoms with Crippen molar-refractivity contribution in [3.05, 3.63) is 60.5 Å². The Kier molecular flexibility index (Phi) is 6.80. The van der Waals surface area contributed by atoms with Crippen LogP contribution in [0, 0.1) is 5.82 Å². The van der Waals surface area contributed by atoms with Crippen molar-refractivity contribution in [3.63, 3.8) is 0 Å². The number of rotatable bonds is 4. The van der Waals surface area contributed by atoms with E-state index >= 15 is 0 Å². The Labute approximate surface area is 180 Å². The molecule has 0 saturated carbocycles. The van der Waals surface area contributed by atoms with Crippen molar-refractivity contribution in [2.45, 2.75) is 6.54 Å². The van der Waals surface area contributed by atoms with E-state index in [2.05, 4.69) is 32.1 Å². The van der Waals surface area contributed by atoms with Crippen LogP contribution in [0.4, 0.5) is 4.39 Å². The van der Waals surface area contributed by atoms with Crippen LogP contribution >= 0.6 is 24.8 Å². The van der Waals surface area contributed by atoms with Gasteiger partial charge in [-0.25, -0.2) is 9.37 Å². The summed E-state index contributed by atoms with van der Waals surface area (Å²) in [6.07, 6.45) is 2.04. The van der Waals surface area contributed by atoms with Crippen molar-refractivity contribution in [1.82, 2.24) is 18.9 Å². The van der Waals surface area contributed by atoms with Crippen LogP contribution in [0.25, 0.3) is 28.1 Å². The zero-order valence-corrected chi connectivity index (χ0v) is 17.5. The Bertz CT molecular complexity index is 1090. The molecular weight excluding hydrogens is 414 g/mol. The smallest absolute Gasteiger partial charge is 0.215 e. The number of halogens is 3. The van der Waals surface area contributed by atoms with E-state index in [1.54, 1.807) is 12.1 Å². The molecule has 0 atom stereocenters. The van der Waals surface area contributed by atoms with Crippen LogP contribution in [0.3, 0.4) is 0 Å². The van der Waals surface area contributed by atoms with Crippen LogP contribution in [-0.4, -0.2) is 51.7 Å². The van der Waals surface area contributed by atoms with Crippen LogP contribution in [0.5, 0.6) is 0 Å². The predicted octanol–water partition coefficient (Wildman–Crippen LogP) is 4.27. The SMILES string of the molecule is Cl.Cl.Fc1ccc(-c2cn3c4ccccc4n(CCN4CCOCC4)c3n2)cc1. The van der Waals surface area contributed by atoms with E-state index in [-0.39, 0.29) is 30.6 Å². The number of ether oxygens (including phenoxy) is 1. The minimum atomic E-state index is -0.233. The number of hydrogen-bond acceptors (Lipinski definition) is 3. The van der Waals surface area contributed by atoms with Gasteiger partial charge in [-0.3, -0.25) is 9.30 Å². The number of fused-ring (bicyclic) bond motifs is 3. The summed E-state index contributed by atoms with van der Waals surface area (Å²) in [7, 11) is 0. The predicted molar refractivity (Wildman–Crippen MR) is 118 cm³/mol. The van der Waals surface area contributed by atoms with E-state index in [4.69, 9.17) is 9.72 Å². The second-order valence-corrected chi connectivity index (χ2v) is 6.90. The van der Waals surface area contributed by atoms with E-state index in [1.807, 2.05) is 12.3 Å². The molecule has 0 amide bonds. The molecule has 0 bridgehead atoms. The van der Waals surface area contributed by atoms with E-state index in [9.17, 15) is 4.39 Å². The summed E-state index contributed by atoms with van der Waals surface area (Å²) in [4.78, 5) is 7.30. The molecule has 1 saturated heterocycles. The molecule has 8 heteroatoms. The maximum atomic E-state index is 13.3. The van der Waals surface area contributed by atoms with Crippen molar-refractivity contribution in [2.75, 3.05) is 32.8 Å². The first-order valence-corrected chi connectivity index (χ1v) is 9.32. The highest BCUT2D eigenvalue weighted by molar-refractivity contribution is 5.85. The summed E-state index contributed by atoms with van der Waals surface area (Å²) in [5, 5.41) is 0. The van der Waals surface area contributed by atoms with Gasteiger partial charge in [-0.1, -0.05) is 12.1 Å². The molecule has 1 aliphatic rings. The minimum absolute atomic E-state index is 0. The lowest BCUT2D eigenvalue weighted by molar-refractivity contribution is 0.0366. The molecule has 2 aromatic carbocycles. The topological polar surface area (TPSA) is 34.7 Å². The third kappa shape index (κ3) is 4.12. The fourth-order valence-electron chi connectivity index (χ4n) is 3.79. The standard InChI is InChI=1S/C21H21FN4O.2ClH/c22-17-7-5-16(6-8-17)18-15-26-20-4-2-1-3-19(20)25(21(26)23-18)10-9-24-11-13-27-14-12-24;;/h1-8,15H,9-14H2;2*1H. The van der Waals surface area contributed by atoms with Gasteiger partial charge in [0, 0.05) is 37.9 Å². The summed E-state index contributed by atoms with van der Waals surface area (Å²) >= 11 is 0. The van der Waals surface area contributed by atoms with Gasteiger partial charge in [-0.2, -0.15) is 0 Å². The Morgan fingerprint density at radius 3 is 2.31 bits per heavy atom. The molecule has 5 rings (SSSR count). The third-order valence-electron chi connectivity index (χ3n) is 5.24. The lowest BCUT2D eigenvalue weighted by Crippen LogP contribution is -2.38. The van der Waals surface area contributed by atoms with Gasteiger partial charge in [0.25, 0.3) is 0 Å². The lowest BCUT2D eigenvalue weighted by Gasteiger charge is -2.26. The van der Waals surface area contributed by atoms with E-state index in [0.29, 0.717) is 0 Å². The second-order valence-electron chi connectivity index (χ2n) is 6.90. The molecule has 154 valence electrons. The second kappa shape index (κ2) is 9.13. The van der Waals surface area contributed by atoms with Gasteiger partial charge in [0.1, 0.15) is 5.82 Å². The summed E-state index contributed by atoms with van der Waals surface area (Å²) in [5.41, 5.74) is 4.09. The van der Waals surface area contributed by atoms with Crippen molar-refractivity contribution in [1.29, 1.82) is 0 Å². The number of benzene rings is 2. The number of morpholine rings is 1. The average molecular weight is 437 g/mol. The fourth-order valence-corrected chi connectivity index (χ4v) is 3.79. The van der Waals surface area contributed by atoms with Crippen LogP contribution in [0.2, 0.25) is 0 Å². The molecule has 2 aromatic heterocycles. The van der Waals surface area contributed by atoms with Gasteiger partial charge in [-0.15, -0.1) is 24.8 Å². The first kappa shape index (κ1) is 21.6. The number of imidazole rings is 2. The molecule has 4 aromatic rings. The minimum Gasteiger partial charge on any atom is -0.379 e. The van der Waals surface area contributed by atoms with Crippen LogP contribution in [0.1, 0.15) is 0 Å². The summed E-state index contributed by atoms with van der Waals surface area (Å²) in [6, 6.07) is 14.9. The normalized spacial score (nSPS) is 14.7. The third-order valence-corrected chi connectivity index (χ3v) is 5.24. The highest BCUT2D eigenvalue weighted by Gasteiger charge is 2.16. The van der Waals surface area contributed by atoms with Gasteiger partial charge in [0.05, 0.1) is 29.9 Å². The molecule has 0 unspecified atom stereocenters. The van der Waals surface area contributed by atoms with Crippen molar-refractivity contribution < 1.29 is 9.13 Å². The highest BCUT2D eigenvalue weighted by atomic mass is 35.5. The maximum Gasteiger partial charge on any atom is 0.215 e. The molecule has 0 spiro atoms. The number of nitrogens with zero attached hydrogens (tertiary/aromatic N) is 4. The first-order valence-electron chi connectivity index (χ1n) is 9.32. The summed E-state index contributed by atoms with van der Waals surface area (Å²) in [6.45, 7) is 5.41. The van der Waals surface area contributed by atoms with Crippen molar-refractivity contribution in [3.8, 4) is 11.3 Å². The van der Waals surface area contributed by atoms with Crippen LogP contribution in [-0.2, 0) is 11.3 Å². The molecule has 0 radical (unpaired) electrons. The van der Waals surface area contributed by atoms with E-state index < -0.39 is 0 Å². The van der Waals surface area contributed by atoms with E-state index in [1.165, 1.54) is 17.6 Å². The average Bonchev–Trinajstić information content (AvgIpc) is 3.26. The Morgan fingerprint density at radius 1 is 0.897 bits per heavy atom. The molecule has 1 aliphatic heterocycles.